The minimum Gasteiger partial charge on any atom is -0.462 e. The Hall–Kier alpha value is -2.37. The maximum Gasteiger partial charge on any atom is 0.306 e. The highest BCUT2D eigenvalue weighted by atomic mass is 16.6. The first-order valence-corrected chi connectivity index (χ1v) is 26.0. The summed E-state index contributed by atoms with van der Waals surface area (Å²) in [5.74, 6) is -0.888. The zero-order valence-electron chi connectivity index (χ0n) is 40.0. The first-order chi connectivity index (χ1) is 29.5. The molecular weight excluding hydrogens is 745 g/mol. The van der Waals surface area contributed by atoms with Crippen molar-refractivity contribution in [3.05, 3.63) is 36.5 Å². The maximum atomic E-state index is 12.8. The number of rotatable bonds is 47. The molecule has 0 aromatic carbocycles. The summed E-state index contributed by atoms with van der Waals surface area (Å²) in [7, 11) is 0. The Morgan fingerprint density at radius 3 is 0.967 bits per heavy atom. The monoisotopic (exact) mass is 843 g/mol. The molecule has 0 aliphatic rings. The van der Waals surface area contributed by atoms with Crippen LogP contribution < -0.4 is 0 Å². The molecule has 0 aromatic rings. The molecule has 0 fully saturated rings. The zero-order valence-corrected chi connectivity index (χ0v) is 40.0. The van der Waals surface area contributed by atoms with E-state index >= 15 is 0 Å². The number of carbonyl (C=O) groups excluding carboxylic acids is 3. The van der Waals surface area contributed by atoms with Crippen molar-refractivity contribution in [1.82, 2.24) is 0 Å². The fourth-order valence-corrected chi connectivity index (χ4v) is 7.45. The van der Waals surface area contributed by atoms with Crippen molar-refractivity contribution in [3.63, 3.8) is 0 Å². The number of esters is 3. The van der Waals surface area contributed by atoms with Crippen LogP contribution >= 0.6 is 0 Å². The van der Waals surface area contributed by atoms with Crippen LogP contribution in [-0.2, 0) is 28.6 Å². The molecule has 6 heteroatoms. The Kier molecular flexibility index (Phi) is 47.3. The van der Waals surface area contributed by atoms with E-state index < -0.39 is 6.10 Å². The van der Waals surface area contributed by atoms with Crippen molar-refractivity contribution in [2.45, 2.75) is 277 Å². The molecule has 1 atom stereocenters. The minimum atomic E-state index is -0.775. The Morgan fingerprint density at radius 2 is 0.600 bits per heavy atom. The van der Waals surface area contributed by atoms with Crippen LogP contribution in [0.15, 0.2) is 36.5 Å². The summed E-state index contributed by atoms with van der Waals surface area (Å²) in [6.07, 6.45) is 56.9. The molecule has 350 valence electrons. The van der Waals surface area contributed by atoms with Crippen molar-refractivity contribution in [2.75, 3.05) is 13.2 Å². The molecule has 0 N–H and O–H groups in total. The molecule has 0 heterocycles. The molecule has 6 nitrogen and oxygen atoms in total. The van der Waals surface area contributed by atoms with Gasteiger partial charge in [0.25, 0.3) is 0 Å². The van der Waals surface area contributed by atoms with Gasteiger partial charge in [-0.15, -0.1) is 0 Å². The summed E-state index contributed by atoms with van der Waals surface area (Å²) in [6, 6.07) is 0. The van der Waals surface area contributed by atoms with Gasteiger partial charge in [0.05, 0.1) is 0 Å². The van der Waals surface area contributed by atoms with Gasteiger partial charge in [-0.3, -0.25) is 14.4 Å². The van der Waals surface area contributed by atoms with Gasteiger partial charge in [-0.25, -0.2) is 0 Å². The first-order valence-electron chi connectivity index (χ1n) is 26.0. The molecule has 0 amide bonds. The zero-order chi connectivity index (χ0) is 43.7. The lowest BCUT2D eigenvalue weighted by Crippen LogP contribution is -2.30. The highest BCUT2D eigenvalue weighted by Crippen LogP contribution is 2.16. The molecule has 0 aromatic heterocycles. The van der Waals surface area contributed by atoms with Crippen molar-refractivity contribution >= 4 is 17.9 Å². The molecule has 0 aliphatic carbocycles. The third-order valence-corrected chi connectivity index (χ3v) is 11.4. The van der Waals surface area contributed by atoms with Crippen LogP contribution in [-0.4, -0.2) is 37.2 Å². The lowest BCUT2D eigenvalue weighted by Gasteiger charge is -2.18. The summed E-state index contributed by atoms with van der Waals surface area (Å²) < 4.78 is 16.8. The van der Waals surface area contributed by atoms with E-state index in [2.05, 4.69) is 57.2 Å². The molecule has 0 bridgehead atoms. The molecule has 0 rings (SSSR count). The van der Waals surface area contributed by atoms with Gasteiger partial charge >= 0.3 is 17.9 Å². The second-order valence-corrected chi connectivity index (χ2v) is 17.4. The minimum absolute atomic E-state index is 0.0754. The lowest BCUT2D eigenvalue weighted by atomic mass is 10.0. The van der Waals surface area contributed by atoms with Crippen LogP contribution in [0.25, 0.3) is 0 Å². The average molecular weight is 843 g/mol. The van der Waals surface area contributed by atoms with E-state index in [1.807, 2.05) is 0 Å². The van der Waals surface area contributed by atoms with E-state index in [0.717, 1.165) is 83.5 Å². The lowest BCUT2D eigenvalue weighted by molar-refractivity contribution is -0.167. The Balaban J connectivity index is 4.36. The standard InChI is InChI=1S/C54H98O6/c1-4-7-10-13-16-19-22-24-26-27-29-30-32-35-38-41-44-47-53(56)59-50-51(49-58-52(55)46-43-40-37-34-21-18-15-12-9-6-3)60-54(57)48-45-42-39-36-33-31-28-25-23-20-17-14-11-8-5-2/h16,19,24,26,29-30,51H,4-15,17-18,20-23,25,27-28,31-50H2,1-3H3/b19-16-,26-24-,30-29-/t51-/m1/s1. The number of hydrogen-bond acceptors (Lipinski definition) is 6. The van der Waals surface area contributed by atoms with E-state index in [-0.39, 0.29) is 31.1 Å². The largest absolute Gasteiger partial charge is 0.462 e. The number of allylic oxidation sites excluding steroid dienone is 6. The quantitative estimate of drug-likeness (QED) is 0.0263. The van der Waals surface area contributed by atoms with E-state index in [1.165, 1.54) is 148 Å². The maximum absolute atomic E-state index is 12.8. The van der Waals surface area contributed by atoms with Crippen molar-refractivity contribution in [1.29, 1.82) is 0 Å². The van der Waals surface area contributed by atoms with E-state index in [9.17, 15) is 14.4 Å². The molecule has 60 heavy (non-hydrogen) atoms. The molecular formula is C54H98O6. The van der Waals surface area contributed by atoms with Crippen LogP contribution in [0, 0.1) is 0 Å². The van der Waals surface area contributed by atoms with Crippen LogP contribution in [0.4, 0.5) is 0 Å². The SMILES string of the molecule is CCCCC/C=C\C/C=C\C/C=C\CCCCCCC(=O)OC[C@@H](COC(=O)CCCCCCCCCCCC)OC(=O)CCCCCCCCCCCCCCCCC. The third kappa shape index (κ3) is 46.7. The van der Waals surface area contributed by atoms with Crippen LogP contribution in [0.2, 0.25) is 0 Å². The number of unbranched alkanes of at least 4 members (excludes halogenated alkanes) is 30. The smallest absolute Gasteiger partial charge is 0.306 e. The van der Waals surface area contributed by atoms with Crippen LogP contribution in [0.3, 0.4) is 0 Å². The van der Waals surface area contributed by atoms with Gasteiger partial charge in [-0.1, -0.05) is 231 Å². The van der Waals surface area contributed by atoms with Gasteiger partial charge < -0.3 is 14.2 Å². The first kappa shape index (κ1) is 57.6. The topological polar surface area (TPSA) is 78.9 Å². The van der Waals surface area contributed by atoms with Gasteiger partial charge in [0.2, 0.25) is 0 Å². The summed E-state index contributed by atoms with van der Waals surface area (Å²) in [4.78, 5) is 37.9. The highest BCUT2D eigenvalue weighted by Gasteiger charge is 2.19. The highest BCUT2D eigenvalue weighted by molar-refractivity contribution is 5.71. The second kappa shape index (κ2) is 49.3. The van der Waals surface area contributed by atoms with E-state index in [1.54, 1.807) is 0 Å². The molecule has 0 spiro atoms. The number of ether oxygens (including phenoxy) is 3. The molecule has 0 radical (unpaired) electrons. The van der Waals surface area contributed by atoms with E-state index in [4.69, 9.17) is 14.2 Å². The summed E-state index contributed by atoms with van der Waals surface area (Å²) >= 11 is 0. The second-order valence-electron chi connectivity index (χ2n) is 17.4. The van der Waals surface area contributed by atoms with Gasteiger partial charge in [0, 0.05) is 19.3 Å². The van der Waals surface area contributed by atoms with Gasteiger partial charge in [-0.05, 0) is 57.8 Å². The average Bonchev–Trinajstić information content (AvgIpc) is 3.24. The van der Waals surface area contributed by atoms with Gasteiger partial charge in [-0.2, -0.15) is 0 Å². The van der Waals surface area contributed by atoms with Gasteiger partial charge in [0.15, 0.2) is 6.10 Å². The van der Waals surface area contributed by atoms with E-state index in [0.29, 0.717) is 19.3 Å². The number of hydrogen-bond donors (Lipinski definition) is 0. The van der Waals surface area contributed by atoms with Crippen molar-refractivity contribution < 1.29 is 28.6 Å². The summed E-state index contributed by atoms with van der Waals surface area (Å²) in [5, 5.41) is 0. The van der Waals surface area contributed by atoms with Crippen LogP contribution in [0.1, 0.15) is 271 Å². The molecule has 0 aliphatic heterocycles. The normalized spacial score (nSPS) is 12.2. The Labute approximate surface area is 372 Å². The predicted molar refractivity (Wildman–Crippen MR) is 256 cm³/mol. The van der Waals surface area contributed by atoms with Crippen molar-refractivity contribution in [3.8, 4) is 0 Å². The van der Waals surface area contributed by atoms with Crippen molar-refractivity contribution in [2.24, 2.45) is 0 Å². The molecule has 0 saturated heterocycles. The molecule has 0 unspecified atom stereocenters. The molecule has 0 saturated carbocycles. The van der Waals surface area contributed by atoms with Crippen LogP contribution in [0.5, 0.6) is 0 Å². The Bertz CT molecular complexity index is 1020. The summed E-state index contributed by atoms with van der Waals surface area (Å²) in [5.41, 5.74) is 0. The summed E-state index contributed by atoms with van der Waals surface area (Å²) in [6.45, 7) is 6.60. The predicted octanol–water partition coefficient (Wildman–Crippen LogP) is 16.9. The Morgan fingerprint density at radius 1 is 0.333 bits per heavy atom. The van der Waals surface area contributed by atoms with Gasteiger partial charge in [0.1, 0.15) is 13.2 Å². The number of carbonyl (C=O) groups is 3. The third-order valence-electron chi connectivity index (χ3n) is 11.4. The fraction of sp³-hybridized carbons (Fsp3) is 0.833. The fourth-order valence-electron chi connectivity index (χ4n) is 7.45.